The highest BCUT2D eigenvalue weighted by atomic mass is 16.2. The van der Waals surface area contributed by atoms with Gasteiger partial charge in [-0.25, -0.2) is 0 Å². The fraction of sp³-hybridized carbons (Fsp3) is 0.429. The van der Waals surface area contributed by atoms with E-state index < -0.39 is 11.9 Å². The molecule has 9 heteroatoms. The molecule has 1 saturated heterocycles. The van der Waals surface area contributed by atoms with E-state index in [1.165, 1.54) is 4.57 Å². The quantitative estimate of drug-likeness (QED) is 0.526. The van der Waals surface area contributed by atoms with Crippen LogP contribution in [0.15, 0.2) is 12.1 Å². The summed E-state index contributed by atoms with van der Waals surface area (Å²) < 4.78 is 1.52. The highest BCUT2D eigenvalue weighted by Crippen LogP contribution is 2.15. The van der Waals surface area contributed by atoms with Gasteiger partial charge in [0.2, 0.25) is 17.7 Å². The maximum Gasteiger partial charge on any atom is 0.267 e. The molecule has 0 radical (unpaired) electrons. The molecular weight excluding hydrogens is 302 g/mol. The van der Waals surface area contributed by atoms with Gasteiger partial charge < -0.3 is 26.3 Å². The number of anilines is 1. The fourth-order valence-corrected chi connectivity index (χ4v) is 2.28. The summed E-state index contributed by atoms with van der Waals surface area (Å²) in [5, 5.41) is 7.82. The number of rotatable bonds is 6. The van der Waals surface area contributed by atoms with Crippen molar-refractivity contribution in [2.75, 3.05) is 11.9 Å². The first kappa shape index (κ1) is 16.5. The minimum absolute atomic E-state index is 0.0567. The predicted octanol–water partition coefficient (Wildman–Crippen LogP) is -1.15. The number of primary amides is 1. The third-order valence-electron chi connectivity index (χ3n) is 3.57. The van der Waals surface area contributed by atoms with Gasteiger partial charge in [0.1, 0.15) is 17.6 Å². The Balaban J connectivity index is 1.95. The lowest BCUT2D eigenvalue weighted by molar-refractivity contribution is -0.122. The van der Waals surface area contributed by atoms with Crippen LogP contribution >= 0.6 is 0 Å². The van der Waals surface area contributed by atoms with Gasteiger partial charge >= 0.3 is 0 Å². The predicted molar refractivity (Wildman–Crippen MR) is 81.4 cm³/mol. The Hall–Kier alpha value is -2.84. The molecule has 124 valence electrons. The molecule has 2 rings (SSSR count). The van der Waals surface area contributed by atoms with Gasteiger partial charge in [0, 0.05) is 26.4 Å². The minimum atomic E-state index is -0.551. The number of nitrogens with two attached hydrogens (primary N) is 1. The SMILES string of the molecule is Cn1c(NC(=O)C2CCC(=O)N2)ccc1C(=O)NCCC(N)=O. The summed E-state index contributed by atoms with van der Waals surface area (Å²) in [5.41, 5.74) is 5.34. The maximum atomic E-state index is 12.0. The number of carbonyl (C=O) groups is 4. The third-order valence-corrected chi connectivity index (χ3v) is 3.57. The molecule has 1 aromatic heterocycles. The summed E-state index contributed by atoms with van der Waals surface area (Å²) in [6.07, 6.45) is 0.843. The standard InChI is InChI=1S/C14H19N5O4/c1-19-9(14(23)16-7-6-10(15)20)3-4-11(19)18-13(22)8-2-5-12(21)17-8/h3-4,8H,2,5-7H2,1H3,(H2,15,20)(H,16,23)(H,17,21)(H,18,22). The Morgan fingerprint density at radius 1 is 1.39 bits per heavy atom. The van der Waals surface area contributed by atoms with Crippen molar-refractivity contribution in [1.82, 2.24) is 15.2 Å². The molecule has 1 atom stereocenters. The fourth-order valence-electron chi connectivity index (χ4n) is 2.28. The first-order valence-corrected chi connectivity index (χ1v) is 7.21. The molecule has 1 aromatic rings. The monoisotopic (exact) mass is 321 g/mol. The summed E-state index contributed by atoms with van der Waals surface area (Å²) in [6, 6.07) is 2.60. The lowest BCUT2D eigenvalue weighted by Gasteiger charge is -2.12. The van der Waals surface area contributed by atoms with Crippen LogP contribution in [0.3, 0.4) is 0 Å². The number of aromatic nitrogens is 1. The second-order valence-corrected chi connectivity index (χ2v) is 5.28. The summed E-state index contributed by atoms with van der Waals surface area (Å²) in [4.78, 5) is 45.8. The van der Waals surface area contributed by atoms with Gasteiger partial charge in [-0.05, 0) is 18.6 Å². The van der Waals surface area contributed by atoms with E-state index in [1.54, 1.807) is 19.2 Å². The molecule has 5 N–H and O–H groups in total. The third kappa shape index (κ3) is 4.09. The van der Waals surface area contributed by atoms with Crippen molar-refractivity contribution in [2.45, 2.75) is 25.3 Å². The molecule has 0 aliphatic carbocycles. The van der Waals surface area contributed by atoms with Crippen LogP contribution < -0.4 is 21.7 Å². The average Bonchev–Trinajstić information content (AvgIpc) is 3.06. The van der Waals surface area contributed by atoms with Gasteiger partial charge in [0.05, 0.1) is 0 Å². The summed E-state index contributed by atoms with van der Waals surface area (Å²) in [6.45, 7) is 0.148. The molecule has 1 fully saturated rings. The van der Waals surface area contributed by atoms with Crippen molar-refractivity contribution < 1.29 is 19.2 Å². The number of nitrogens with one attached hydrogen (secondary N) is 3. The van der Waals surface area contributed by atoms with Gasteiger partial charge in [-0.1, -0.05) is 0 Å². The smallest absolute Gasteiger partial charge is 0.267 e. The van der Waals surface area contributed by atoms with Crippen LogP contribution in [-0.2, 0) is 21.4 Å². The second kappa shape index (κ2) is 6.95. The first-order valence-electron chi connectivity index (χ1n) is 7.21. The van der Waals surface area contributed by atoms with Crippen molar-refractivity contribution in [1.29, 1.82) is 0 Å². The Morgan fingerprint density at radius 3 is 2.74 bits per heavy atom. The normalized spacial score (nSPS) is 16.7. The Labute approximate surface area is 132 Å². The van der Waals surface area contributed by atoms with Gasteiger partial charge in [-0.15, -0.1) is 0 Å². The Bertz CT molecular complexity index is 652. The van der Waals surface area contributed by atoms with E-state index in [9.17, 15) is 19.2 Å². The highest BCUT2D eigenvalue weighted by Gasteiger charge is 2.27. The zero-order chi connectivity index (χ0) is 17.0. The summed E-state index contributed by atoms with van der Waals surface area (Å²) >= 11 is 0. The van der Waals surface area contributed by atoms with E-state index in [1.807, 2.05) is 0 Å². The van der Waals surface area contributed by atoms with E-state index in [-0.39, 0.29) is 30.7 Å². The van der Waals surface area contributed by atoms with Gasteiger partial charge in [-0.2, -0.15) is 0 Å². The van der Waals surface area contributed by atoms with Gasteiger partial charge in [0.25, 0.3) is 5.91 Å². The van der Waals surface area contributed by atoms with E-state index in [0.29, 0.717) is 24.4 Å². The molecule has 23 heavy (non-hydrogen) atoms. The number of hydrogen-bond donors (Lipinski definition) is 4. The van der Waals surface area contributed by atoms with Crippen LogP contribution in [0, 0.1) is 0 Å². The summed E-state index contributed by atoms with van der Waals surface area (Å²) in [7, 11) is 1.63. The van der Waals surface area contributed by atoms with Crippen molar-refractivity contribution in [3.63, 3.8) is 0 Å². The van der Waals surface area contributed by atoms with E-state index >= 15 is 0 Å². The van der Waals surface area contributed by atoms with Crippen molar-refractivity contribution in [3.05, 3.63) is 17.8 Å². The molecule has 4 amide bonds. The van der Waals surface area contributed by atoms with Crippen LogP contribution in [0.25, 0.3) is 0 Å². The molecular formula is C14H19N5O4. The molecule has 1 aliphatic heterocycles. The van der Waals surface area contributed by atoms with Crippen LogP contribution in [0.5, 0.6) is 0 Å². The lowest BCUT2D eigenvalue weighted by Crippen LogP contribution is -2.37. The number of amides is 4. The molecule has 1 aliphatic rings. The molecule has 0 bridgehead atoms. The molecule has 0 spiro atoms. The van der Waals surface area contributed by atoms with Crippen LogP contribution in [-0.4, -0.2) is 40.8 Å². The average molecular weight is 321 g/mol. The van der Waals surface area contributed by atoms with Crippen LogP contribution in [0.1, 0.15) is 29.8 Å². The van der Waals surface area contributed by atoms with Gasteiger partial charge in [0.15, 0.2) is 0 Å². The maximum absolute atomic E-state index is 12.0. The van der Waals surface area contributed by atoms with Crippen molar-refractivity contribution >= 4 is 29.4 Å². The molecule has 0 aromatic carbocycles. The molecule has 1 unspecified atom stereocenters. The van der Waals surface area contributed by atoms with E-state index in [2.05, 4.69) is 16.0 Å². The topological polar surface area (TPSA) is 135 Å². The zero-order valence-corrected chi connectivity index (χ0v) is 12.7. The number of carbonyl (C=O) groups excluding carboxylic acids is 4. The van der Waals surface area contributed by atoms with E-state index in [0.717, 1.165) is 0 Å². The van der Waals surface area contributed by atoms with Crippen LogP contribution in [0.4, 0.5) is 5.82 Å². The molecule has 0 saturated carbocycles. The first-order chi connectivity index (χ1) is 10.9. The van der Waals surface area contributed by atoms with E-state index in [4.69, 9.17) is 5.73 Å². The number of nitrogens with zero attached hydrogens (tertiary/aromatic N) is 1. The molecule has 2 heterocycles. The Kier molecular flexibility index (Phi) is 4.99. The largest absolute Gasteiger partial charge is 0.370 e. The second-order valence-electron chi connectivity index (χ2n) is 5.28. The van der Waals surface area contributed by atoms with Crippen LogP contribution in [0.2, 0.25) is 0 Å². The molecule has 9 nitrogen and oxygen atoms in total. The summed E-state index contributed by atoms with van der Waals surface area (Å²) in [5.74, 6) is -0.896. The van der Waals surface area contributed by atoms with Crippen molar-refractivity contribution in [3.8, 4) is 0 Å². The number of hydrogen-bond acceptors (Lipinski definition) is 4. The minimum Gasteiger partial charge on any atom is -0.370 e. The zero-order valence-electron chi connectivity index (χ0n) is 12.7. The highest BCUT2D eigenvalue weighted by molar-refractivity contribution is 6.00. The Morgan fingerprint density at radius 2 is 2.13 bits per heavy atom. The van der Waals surface area contributed by atoms with Gasteiger partial charge in [-0.3, -0.25) is 19.2 Å². The lowest BCUT2D eigenvalue weighted by atomic mass is 10.2. The van der Waals surface area contributed by atoms with Crippen molar-refractivity contribution in [2.24, 2.45) is 12.8 Å².